The summed E-state index contributed by atoms with van der Waals surface area (Å²) in [6.07, 6.45) is 14.4. The number of nitrogens with zero attached hydrogens (tertiary/aromatic N) is 2. The Labute approximate surface area is 200 Å². The number of carbonyl (C=O) groups excluding carboxylic acids is 2. The second-order valence-corrected chi connectivity index (χ2v) is 10.7. The van der Waals surface area contributed by atoms with Gasteiger partial charge in [-0.2, -0.15) is 10.1 Å². The van der Waals surface area contributed by atoms with E-state index in [1.807, 2.05) is 20.8 Å². The molecule has 0 N–H and O–H groups in total. The summed E-state index contributed by atoms with van der Waals surface area (Å²) in [5.74, 6) is 0.760. The number of hydrogen-bond donors (Lipinski definition) is 0. The Morgan fingerprint density at radius 1 is 0.938 bits per heavy atom. The number of carbonyl (C=O) groups is 2. The normalized spacial score (nSPS) is 14.3. The van der Waals surface area contributed by atoms with E-state index < -0.39 is 17.7 Å². The Bertz CT molecular complexity index is 571. The van der Waals surface area contributed by atoms with Crippen LogP contribution in [0.1, 0.15) is 112 Å². The van der Waals surface area contributed by atoms with Crippen molar-refractivity contribution in [3.63, 3.8) is 0 Å². The van der Waals surface area contributed by atoms with Crippen molar-refractivity contribution in [3.05, 3.63) is 0 Å². The van der Waals surface area contributed by atoms with E-state index in [-0.39, 0.29) is 11.7 Å². The number of hydrazone groups is 1. The van der Waals surface area contributed by atoms with Crippen molar-refractivity contribution < 1.29 is 19.1 Å². The highest BCUT2D eigenvalue weighted by Crippen LogP contribution is 2.30. The largest absolute Gasteiger partial charge is 0.461 e. The fourth-order valence-corrected chi connectivity index (χ4v) is 4.08. The molecule has 0 aromatic rings. The summed E-state index contributed by atoms with van der Waals surface area (Å²) in [5, 5.41) is 5.97. The number of ether oxygens (including phenoxy) is 2. The molecule has 1 aliphatic carbocycles. The average molecular weight is 471 g/mol. The lowest BCUT2D eigenvalue weighted by molar-refractivity contribution is -0.134. The van der Waals surface area contributed by atoms with Crippen LogP contribution in [0.4, 0.5) is 4.79 Å². The van der Waals surface area contributed by atoms with Gasteiger partial charge in [0.2, 0.25) is 5.04 Å². The monoisotopic (exact) mass is 470 g/mol. The minimum Gasteiger partial charge on any atom is -0.461 e. The quantitative estimate of drug-likeness (QED) is 0.0834. The van der Waals surface area contributed by atoms with Crippen LogP contribution in [0.5, 0.6) is 0 Å². The molecule has 0 aromatic heterocycles. The van der Waals surface area contributed by atoms with Crippen molar-refractivity contribution in [1.29, 1.82) is 0 Å². The van der Waals surface area contributed by atoms with Gasteiger partial charge >= 0.3 is 12.1 Å². The molecule has 0 bridgehead atoms. The zero-order valence-electron chi connectivity index (χ0n) is 21.1. The third-order valence-electron chi connectivity index (χ3n) is 5.13. The van der Waals surface area contributed by atoms with Gasteiger partial charge in [-0.15, -0.1) is 0 Å². The van der Waals surface area contributed by atoms with Gasteiger partial charge < -0.3 is 9.47 Å². The van der Waals surface area contributed by atoms with Gasteiger partial charge in [0, 0.05) is 0 Å². The Hall–Kier alpha value is -1.24. The molecule has 0 saturated heterocycles. The van der Waals surface area contributed by atoms with Crippen LogP contribution in [0.3, 0.4) is 0 Å². The first-order valence-electron chi connectivity index (χ1n) is 12.7. The van der Waals surface area contributed by atoms with Crippen molar-refractivity contribution in [2.24, 2.45) is 11.0 Å². The van der Waals surface area contributed by atoms with E-state index in [9.17, 15) is 9.59 Å². The van der Waals surface area contributed by atoms with Crippen LogP contribution in [0.15, 0.2) is 5.10 Å². The van der Waals surface area contributed by atoms with Gasteiger partial charge in [-0.1, -0.05) is 76.5 Å². The van der Waals surface area contributed by atoms with Gasteiger partial charge in [0.05, 0.1) is 13.2 Å². The first kappa shape index (κ1) is 28.8. The zero-order valence-corrected chi connectivity index (χ0v) is 21.9. The third kappa shape index (κ3) is 14.8. The van der Waals surface area contributed by atoms with Crippen LogP contribution in [-0.2, 0) is 14.3 Å². The lowest BCUT2D eigenvalue weighted by atomic mass is 10.1. The minimum absolute atomic E-state index is 0.245. The average Bonchev–Trinajstić information content (AvgIpc) is 3.53. The molecule has 1 fully saturated rings. The van der Waals surface area contributed by atoms with Crippen molar-refractivity contribution in [1.82, 2.24) is 5.01 Å². The second-order valence-electron chi connectivity index (χ2n) is 9.66. The smallest absolute Gasteiger partial charge is 0.430 e. The first-order valence-corrected chi connectivity index (χ1v) is 13.6. The van der Waals surface area contributed by atoms with E-state index in [1.54, 1.807) is 6.92 Å². The molecule has 1 aliphatic rings. The number of hydrogen-bond acceptors (Lipinski definition) is 6. The highest BCUT2D eigenvalue weighted by Gasteiger charge is 2.31. The second kappa shape index (κ2) is 16.4. The number of thioether (sulfide) groups is 1. The Morgan fingerprint density at radius 2 is 1.50 bits per heavy atom. The SMILES string of the molecule is CCCCCCCCCCCCS/C(=N/N(CC1CC1)C(=O)OC(C)(C)C)C(=O)OCC. The van der Waals surface area contributed by atoms with Gasteiger partial charge in [-0.3, -0.25) is 0 Å². The first-order chi connectivity index (χ1) is 15.3. The van der Waals surface area contributed by atoms with E-state index in [0.717, 1.165) is 31.4 Å². The number of esters is 1. The summed E-state index contributed by atoms with van der Waals surface area (Å²) < 4.78 is 10.7. The van der Waals surface area contributed by atoms with Crippen molar-refractivity contribution in [3.8, 4) is 0 Å². The van der Waals surface area contributed by atoms with Crippen LogP contribution >= 0.6 is 11.8 Å². The maximum atomic E-state index is 12.6. The zero-order chi connectivity index (χ0) is 23.8. The summed E-state index contributed by atoms with van der Waals surface area (Å²) in [6, 6.07) is 0. The highest BCUT2D eigenvalue weighted by molar-refractivity contribution is 8.15. The molecule has 6 nitrogen and oxygen atoms in total. The standard InChI is InChI=1S/C25H46N2O4S/c1-6-8-9-10-11-12-13-14-15-16-19-32-22(23(28)30-7-2)26-27(20-21-17-18-21)24(29)31-25(3,4)5/h21H,6-20H2,1-5H3/b26-22+. The van der Waals surface area contributed by atoms with E-state index in [4.69, 9.17) is 9.47 Å². The minimum atomic E-state index is -0.609. The summed E-state index contributed by atoms with van der Waals surface area (Å²) >= 11 is 1.38. The summed E-state index contributed by atoms with van der Waals surface area (Å²) in [6.45, 7) is 10.3. The predicted molar refractivity (Wildman–Crippen MR) is 134 cm³/mol. The van der Waals surface area contributed by atoms with Crippen molar-refractivity contribution in [2.45, 2.75) is 117 Å². The van der Waals surface area contributed by atoms with Crippen LogP contribution in [0.25, 0.3) is 0 Å². The number of amides is 1. The molecule has 0 atom stereocenters. The molecule has 0 aromatic carbocycles. The van der Waals surface area contributed by atoms with Gasteiger partial charge in [0.25, 0.3) is 0 Å². The fraction of sp³-hybridized carbons (Fsp3) is 0.880. The van der Waals surface area contributed by atoms with Crippen LogP contribution in [0.2, 0.25) is 0 Å². The number of rotatable bonds is 15. The van der Waals surface area contributed by atoms with E-state index >= 15 is 0 Å². The van der Waals surface area contributed by atoms with Crippen LogP contribution < -0.4 is 0 Å². The molecule has 0 heterocycles. The van der Waals surface area contributed by atoms with Gasteiger partial charge in [-0.05, 0) is 58.6 Å². The molecule has 0 spiro atoms. The molecule has 1 saturated carbocycles. The summed E-state index contributed by atoms with van der Waals surface area (Å²) in [7, 11) is 0. The molecule has 1 amide bonds. The van der Waals surface area contributed by atoms with E-state index in [0.29, 0.717) is 12.5 Å². The molecule has 1 rings (SSSR count). The van der Waals surface area contributed by atoms with Crippen molar-refractivity contribution >= 4 is 28.9 Å². The Morgan fingerprint density at radius 3 is 2.00 bits per heavy atom. The van der Waals surface area contributed by atoms with Crippen LogP contribution in [0, 0.1) is 5.92 Å². The van der Waals surface area contributed by atoms with Gasteiger partial charge in [-0.25, -0.2) is 9.59 Å². The maximum Gasteiger partial charge on any atom is 0.430 e. The highest BCUT2D eigenvalue weighted by atomic mass is 32.2. The van der Waals surface area contributed by atoms with E-state index in [1.165, 1.54) is 68.1 Å². The van der Waals surface area contributed by atoms with Crippen LogP contribution in [-0.4, -0.2) is 46.6 Å². The van der Waals surface area contributed by atoms with E-state index in [2.05, 4.69) is 12.0 Å². The maximum absolute atomic E-state index is 12.6. The predicted octanol–water partition coefficient (Wildman–Crippen LogP) is 7.16. The summed E-state index contributed by atoms with van der Waals surface area (Å²) in [5.41, 5.74) is -0.609. The lowest BCUT2D eigenvalue weighted by Gasteiger charge is -2.24. The molecular weight excluding hydrogens is 424 g/mol. The van der Waals surface area contributed by atoms with Gasteiger partial charge in [0.15, 0.2) is 0 Å². The molecular formula is C25H46N2O4S. The molecule has 0 radical (unpaired) electrons. The molecule has 32 heavy (non-hydrogen) atoms. The Kier molecular flexibility index (Phi) is 14.7. The topological polar surface area (TPSA) is 68.2 Å². The van der Waals surface area contributed by atoms with Crippen molar-refractivity contribution in [2.75, 3.05) is 18.9 Å². The molecule has 0 unspecified atom stereocenters. The lowest BCUT2D eigenvalue weighted by Crippen LogP contribution is -2.36. The fourth-order valence-electron chi connectivity index (χ4n) is 3.21. The summed E-state index contributed by atoms with van der Waals surface area (Å²) in [4.78, 5) is 25.1. The molecule has 186 valence electrons. The Balaban J connectivity index is 2.50. The van der Waals surface area contributed by atoms with Gasteiger partial charge in [0.1, 0.15) is 5.60 Å². The third-order valence-corrected chi connectivity index (χ3v) is 6.15. The number of unbranched alkanes of at least 4 members (excludes halogenated alkanes) is 9. The molecule has 0 aliphatic heterocycles. The molecule has 7 heteroatoms.